The predicted octanol–water partition coefficient (Wildman–Crippen LogP) is 2.15. The first-order chi connectivity index (χ1) is 8.81. The van der Waals surface area contributed by atoms with Gasteiger partial charge in [0.05, 0.1) is 24.1 Å². The van der Waals surface area contributed by atoms with Crippen LogP contribution in [-0.4, -0.2) is 15.0 Å². The average molecular weight is 239 g/mol. The van der Waals surface area contributed by atoms with Gasteiger partial charge in [-0.2, -0.15) is 0 Å². The Labute approximate surface area is 104 Å². The molecule has 18 heavy (non-hydrogen) atoms. The molecule has 4 N–H and O–H groups in total. The maximum Gasteiger partial charge on any atom is 0.126 e. The quantitative estimate of drug-likeness (QED) is 0.612. The number of anilines is 2. The highest BCUT2D eigenvalue weighted by atomic mass is 15.0. The second-order valence-corrected chi connectivity index (χ2v) is 4.08. The second-order valence-electron chi connectivity index (χ2n) is 4.08. The SMILES string of the molecule is Nc1ccc2nc(NCc3cnc[nH]3)ccc2c1. The number of hydrogen-bond acceptors (Lipinski definition) is 4. The van der Waals surface area contributed by atoms with E-state index in [1.807, 2.05) is 30.3 Å². The van der Waals surface area contributed by atoms with Crippen molar-refractivity contribution >= 4 is 22.4 Å². The molecule has 0 aliphatic carbocycles. The van der Waals surface area contributed by atoms with Crippen molar-refractivity contribution < 1.29 is 0 Å². The first-order valence-corrected chi connectivity index (χ1v) is 5.69. The van der Waals surface area contributed by atoms with Gasteiger partial charge in [-0.05, 0) is 30.3 Å². The van der Waals surface area contributed by atoms with Crippen LogP contribution in [0.25, 0.3) is 10.9 Å². The molecular weight excluding hydrogens is 226 g/mol. The Morgan fingerprint density at radius 3 is 3.00 bits per heavy atom. The lowest BCUT2D eigenvalue weighted by atomic mass is 10.2. The minimum Gasteiger partial charge on any atom is -0.399 e. The molecule has 5 heteroatoms. The van der Waals surface area contributed by atoms with Crippen LogP contribution in [0.2, 0.25) is 0 Å². The molecule has 5 nitrogen and oxygen atoms in total. The molecule has 2 heterocycles. The molecule has 0 bridgehead atoms. The zero-order valence-corrected chi connectivity index (χ0v) is 9.72. The molecule has 0 radical (unpaired) electrons. The van der Waals surface area contributed by atoms with E-state index in [0.717, 1.165) is 28.1 Å². The fraction of sp³-hybridized carbons (Fsp3) is 0.0769. The highest BCUT2D eigenvalue weighted by Crippen LogP contribution is 2.18. The van der Waals surface area contributed by atoms with Gasteiger partial charge in [0.25, 0.3) is 0 Å². The lowest BCUT2D eigenvalue weighted by molar-refractivity contribution is 1.06. The van der Waals surface area contributed by atoms with Gasteiger partial charge in [-0.15, -0.1) is 0 Å². The fourth-order valence-corrected chi connectivity index (χ4v) is 1.81. The number of rotatable bonds is 3. The van der Waals surface area contributed by atoms with Crippen LogP contribution in [0.3, 0.4) is 0 Å². The van der Waals surface area contributed by atoms with Crippen LogP contribution < -0.4 is 11.1 Å². The van der Waals surface area contributed by atoms with Gasteiger partial charge in [0, 0.05) is 17.3 Å². The minimum atomic E-state index is 0.674. The number of aromatic amines is 1. The summed E-state index contributed by atoms with van der Waals surface area (Å²) >= 11 is 0. The van der Waals surface area contributed by atoms with Crippen molar-refractivity contribution in [1.29, 1.82) is 0 Å². The number of benzene rings is 1. The smallest absolute Gasteiger partial charge is 0.126 e. The fourth-order valence-electron chi connectivity index (χ4n) is 1.81. The van der Waals surface area contributed by atoms with Crippen molar-refractivity contribution in [2.75, 3.05) is 11.1 Å². The summed E-state index contributed by atoms with van der Waals surface area (Å²) in [4.78, 5) is 11.5. The summed E-state index contributed by atoms with van der Waals surface area (Å²) < 4.78 is 0. The van der Waals surface area contributed by atoms with Gasteiger partial charge < -0.3 is 16.0 Å². The van der Waals surface area contributed by atoms with Gasteiger partial charge in [-0.1, -0.05) is 0 Å². The van der Waals surface area contributed by atoms with E-state index in [2.05, 4.69) is 20.3 Å². The van der Waals surface area contributed by atoms with Gasteiger partial charge in [-0.3, -0.25) is 0 Å². The minimum absolute atomic E-state index is 0.674. The largest absolute Gasteiger partial charge is 0.399 e. The van der Waals surface area contributed by atoms with E-state index in [1.54, 1.807) is 12.5 Å². The van der Waals surface area contributed by atoms with E-state index >= 15 is 0 Å². The van der Waals surface area contributed by atoms with Crippen molar-refractivity contribution in [3.05, 3.63) is 48.5 Å². The number of aromatic nitrogens is 3. The van der Waals surface area contributed by atoms with E-state index in [4.69, 9.17) is 5.73 Å². The number of nitrogens with two attached hydrogens (primary N) is 1. The van der Waals surface area contributed by atoms with Crippen molar-refractivity contribution in [2.45, 2.75) is 6.54 Å². The molecule has 0 amide bonds. The van der Waals surface area contributed by atoms with Crippen molar-refractivity contribution in [3.63, 3.8) is 0 Å². The first-order valence-electron chi connectivity index (χ1n) is 5.69. The average Bonchev–Trinajstić information content (AvgIpc) is 2.89. The summed E-state index contributed by atoms with van der Waals surface area (Å²) in [5.41, 5.74) is 8.43. The summed E-state index contributed by atoms with van der Waals surface area (Å²) in [6, 6.07) is 9.65. The van der Waals surface area contributed by atoms with Crippen molar-refractivity contribution in [1.82, 2.24) is 15.0 Å². The molecular formula is C13H13N5. The predicted molar refractivity (Wildman–Crippen MR) is 72.1 cm³/mol. The Balaban J connectivity index is 1.82. The summed E-state index contributed by atoms with van der Waals surface area (Å²) in [7, 11) is 0. The third-order valence-electron chi connectivity index (χ3n) is 2.73. The number of hydrogen-bond donors (Lipinski definition) is 3. The van der Waals surface area contributed by atoms with Gasteiger partial charge in [0.1, 0.15) is 5.82 Å². The third-order valence-corrected chi connectivity index (χ3v) is 2.73. The molecule has 0 saturated heterocycles. The number of nitrogens with zero attached hydrogens (tertiary/aromatic N) is 2. The number of fused-ring (bicyclic) bond motifs is 1. The first kappa shape index (κ1) is 10.6. The molecule has 0 unspecified atom stereocenters. The van der Waals surface area contributed by atoms with Crippen molar-refractivity contribution in [3.8, 4) is 0 Å². The molecule has 0 aliphatic heterocycles. The van der Waals surface area contributed by atoms with Crippen LogP contribution >= 0.6 is 0 Å². The topological polar surface area (TPSA) is 79.6 Å². The third kappa shape index (κ3) is 2.10. The Morgan fingerprint density at radius 2 is 2.17 bits per heavy atom. The molecule has 0 aliphatic rings. The molecule has 90 valence electrons. The van der Waals surface area contributed by atoms with E-state index < -0.39 is 0 Å². The summed E-state index contributed by atoms with van der Waals surface area (Å²) in [5.74, 6) is 0.835. The van der Waals surface area contributed by atoms with Crippen LogP contribution in [0.15, 0.2) is 42.9 Å². The summed E-state index contributed by atoms with van der Waals surface area (Å²) in [6.07, 6.45) is 3.45. The molecule has 0 atom stereocenters. The molecule has 0 saturated carbocycles. The normalized spacial score (nSPS) is 10.7. The van der Waals surface area contributed by atoms with Gasteiger partial charge in [0.15, 0.2) is 0 Å². The Hall–Kier alpha value is -2.56. The van der Waals surface area contributed by atoms with Gasteiger partial charge in [0.2, 0.25) is 0 Å². The maximum absolute atomic E-state index is 5.73. The van der Waals surface area contributed by atoms with Crippen LogP contribution in [0.1, 0.15) is 5.69 Å². The lowest BCUT2D eigenvalue weighted by Gasteiger charge is -2.05. The molecule has 2 aromatic heterocycles. The summed E-state index contributed by atoms with van der Waals surface area (Å²) in [5, 5.41) is 4.28. The van der Waals surface area contributed by atoms with Crippen LogP contribution in [0, 0.1) is 0 Å². The van der Waals surface area contributed by atoms with Crippen molar-refractivity contribution in [2.24, 2.45) is 0 Å². The molecule has 0 spiro atoms. The highest BCUT2D eigenvalue weighted by molar-refractivity contribution is 5.83. The Bertz CT molecular complexity index is 660. The number of pyridine rings is 1. The van der Waals surface area contributed by atoms with E-state index in [9.17, 15) is 0 Å². The molecule has 3 aromatic rings. The Morgan fingerprint density at radius 1 is 1.22 bits per heavy atom. The number of H-pyrrole nitrogens is 1. The summed E-state index contributed by atoms with van der Waals surface area (Å²) in [6.45, 7) is 0.674. The second kappa shape index (κ2) is 4.37. The highest BCUT2D eigenvalue weighted by Gasteiger charge is 1.99. The maximum atomic E-state index is 5.73. The number of nitrogens with one attached hydrogen (secondary N) is 2. The zero-order chi connectivity index (χ0) is 12.4. The van der Waals surface area contributed by atoms with E-state index in [-0.39, 0.29) is 0 Å². The number of nitrogen functional groups attached to an aromatic ring is 1. The molecule has 0 fully saturated rings. The van der Waals surface area contributed by atoms with Crippen LogP contribution in [-0.2, 0) is 6.54 Å². The van der Waals surface area contributed by atoms with Gasteiger partial charge >= 0.3 is 0 Å². The number of imidazole rings is 1. The molecule has 1 aromatic carbocycles. The van der Waals surface area contributed by atoms with E-state index in [1.165, 1.54) is 0 Å². The monoisotopic (exact) mass is 239 g/mol. The standard InChI is InChI=1S/C13H13N5/c14-10-2-3-12-9(5-10)1-4-13(18-12)16-7-11-6-15-8-17-11/h1-6,8H,7,14H2,(H,15,17)(H,16,18). The lowest BCUT2D eigenvalue weighted by Crippen LogP contribution is -2.01. The Kier molecular flexibility index (Phi) is 2.57. The zero-order valence-electron chi connectivity index (χ0n) is 9.72. The van der Waals surface area contributed by atoms with Gasteiger partial charge in [-0.25, -0.2) is 9.97 Å². The van der Waals surface area contributed by atoms with Crippen LogP contribution in [0.5, 0.6) is 0 Å². The van der Waals surface area contributed by atoms with E-state index in [0.29, 0.717) is 6.54 Å². The molecule has 3 rings (SSSR count). The van der Waals surface area contributed by atoms with Crippen LogP contribution in [0.4, 0.5) is 11.5 Å².